The van der Waals surface area contributed by atoms with E-state index in [-0.39, 0.29) is 11.9 Å². The summed E-state index contributed by atoms with van der Waals surface area (Å²) in [7, 11) is 2.10. The van der Waals surface area contributed by atoms with Crippen molar-refractivity contribution in [1.29, 1.82) is 0 Å². The number of carbonyl (C=O) groups excluding carboxylic acids is 1. The Morgan fingerprint density at radius 1 is 1.18 bits per heavy atom. The Bertz CT molecular complexity index is 1450. The maximum absolute atomic E-state index is 13.2. The Labute approximate surface area is 200 Å². The average Bonchev–Trinajstić information content (AvgIpc) is 3.47. The lowest BCUT2D eigenvalue weighted by Gasteiger charge is -2.29. The van der Waals surface area contributed by atoms with Crippen molar-refractivity contribution in [1.82, 2.24) is 19.0 Å². The van der Waals surface area contributed by atoms with E-state index in [9.17, 15) is 4.79 Å². The van der Waals surface area contributed by atoms with Gasteiger partial charge in [-0.25, -0.2) is 4.98 Å². The molecule has 2 N–H and O–H groups in total. The molecule has 2 aromatic carbocycles. The monoisotopic (exact) mass is 455 g/mol. The molecule has 1 aliphatic carbocycles. The lowest BCUT2D eigenvalue weighted by Crippen LogP contribution is -2.43. The maximum atomic E-state index is 13.2. The molecule has 6 rings (SSSR count). The number of benzene rings is 2. The van der Waals surface area contributed by atoms with Gasteiger partial charge in [0, 0.05) is 43.7 Å². The smallest absolute Gasteiger partial charge is 0.254 e. The van der Waals surface area contributed by atoms with Crippen molar-refractivity contribution in [3.05, 3.63) is 52.6 Å². The molecule has 1 aliphatic heterocycles. The van der Waals surface area contributed by atoms with Gasteiger partial charge in [0.2, 0.25) is 0 Å². The first-order chi connectivity index (χ1) is 16.3. The minimum Gasteiger partial charge on any atom is -0.337 e. The molecule has 1 atom stereocenters. The van der Waals surface area contributed by atoms with Crippen LogP contribution in [0.4, 0.5) is 0 Å². The molecule has 6 heteroatoms. The molecule has 6 nitrogen and oxygen atoms in total. The normalized spacial score (nSPS) is 17.1. The zero-order valence-electron chi connectivity index (χ0n) is 20.6. The Kier molecular flexibility index (Phi) is 4.85. The van der Waals surface area contributed by atoms with Gasteiger partial charge in [-0.05, 0) is 80.8 Å². The van der Waals surface area contributed by atoms with E-state index in [0.29, 0.717) is 6.54 Å². The molecular weight excluding hydrogens is 422 g/mol. The first kappa shape index (κ1) is 21.4. The van der Waals surface area contributed by atoms with Gasteiger partial charge < -0.3 is 19.8 Å². The van der Waals surface area contributed by atoms with Crippen LogP contribution in [-0.4, -0.2) is 44.1 Å². The number of nitrogens with zero attached hydrogens (tertiary/aromatic N) is 4. The summed E-state index contributed by atoms with van der Waals surface area (Å²) in [5, 5.41) is 1.27. The molecule has 1 amide bonds. The first-order valence-electron chi connectivity index (χ1n) is 12.5. The van der Waals surface area contributed by atoms with Crippen molar-refractivity contribution in [2.75, 3.05) is 13.1 Å². The number of hydrogen-bond donors (Lipinski definition) is 1. The number of hydrogen-bond acceptors (Lipinski definition) is 3. The quantitative estimate of drug-likeness (QED) is 0.479. The van der Waals surface area contributed by atoms with Crippen LogP contribution in [0.5, 0.6) is 0 Å². The molecule has 2 aromatic heterocycles. The van der Waals surface area contributed by atoms with E-state index in [1.54, 1.807) is 0 Å². The second kappa shape index (κ2) is 7.70. The fourth-order valence-electron chi connectivity index (χ4n) is 5.54. The van der Waals surface area contributed by atoms with E-state index >= 15 is 0 Å². The summed E-state index contributed by atoms with van der Waals surface area (Å²) in [5.74, 6) is 1.79. The van der Waals surface area contributed by atoms with E-state index in [1.165, 1.54) is 34.9 Å². The summed E-state index contributed by atoms with van der Waals surface area (Å²) >= 11 is 0. The first-order valence-corrected chi connectivity index (χ1v) is 12.5. The third kappa shape index (κ3) is 3.35. The topological polar surface area (TPSA) is 69.1 Å². The SMILES string of the molecule is Cc1ccc2cc(-c3nc4cc5c(cc4n3C)CCN(C[C@@H](C)N)C5=O)n(CC3CC3)c2c1C. The van der Waals surface area contributed by atoms with Crippen LogP contribution in [0.2, 0.25) is 0 Å². The summed E-state index contributed by atoms with van der Waals surface area (Å²) in [6.45, 7) is 8.71. The molecule has 0 saturated heterocycles. The maximum Gasteiger partial charge on any atom is 0.254 e. The molecule has 3 heterocycles. The Balaban J connectivity index is 1.51. The highest BCUT2D eigenvalue weighted by Crippen LogP contribution is 2.38. The van der Waals surface area contributed by atoms with Gasteiger partial charge in [0.15, 0.2) is 5.82 Å². The standard InChI is InChI=1S/C28H33N5O/c1-16-5-8-21-12-25(33(15-19-6-7-19)26(21)18(16)3)27-30-23-13-22-20(11-24(23)31(27)4)9-10-32(28(22)34)14-17(2)29/h5,8,11-13,17,19H,6-7,9-10,14-15,29H2,1-4H3/t17-/m1/s1. The largest absolute Gasteiger partial charge is 0.337 e. The Morgan fingerprint density at radius 3 is 2.71 bits per heavy atom. The van der Waals surface area contributed by atoms with Gasteiger partial charge in [-0.15, -0.1) is 0 Å². The molecule has 1 fully saturated rings. The van der Waals surface area contributed by atoms with E-state index in [1.807, 2.05) is 17.9 Å². The van der Waals surface area contributed by atoms with Crippen molar-refractivity contribution in [2.45, 2.75) is 52.6 Å². The molecule has 34 heavy (non-hydrogen) atoms. The predicted octanol–water partition coefficient (Wildman–Crippen LogP) is 4.57. The summed E-state index contributed by atoms with van der Waals surface area (Å²) in [6, 6.07) is 10.9. The lowest BCUT2D eigenvalue weighted by molar-refractivity contribution is 0.0732. The van der Waals surface area contributed by atoms with Gasteiger partial charge in [0.05, 0.1) is 22.2 Å². The number of rotatable bonds is 5. The van der Waals surface area contributed by atoms with Crippen LogP contribution in [0.1, 0.15) is 46.8 Å². The van der Waals surface area contributed by atoms with E-state index in [4.69, 9.17) is 10.7 Å². The number of amides is 1. The van der Waals surface area contributed by atoms with Crippen LogP contribution in [0.3, 0.4) is 0 Å². The lowest BCUT2D eigenvalue weighted by atomic mass is 9.97. The highest BCUT2D eigenvalue weighted by atomic mass is 16.2. The Hall–Kier alpha value is -3.12. The van der Waals surface area contributed by atoms with Crippen LogP contribution >= 0.6 is 0 Å². The van der Waals surface area contributed by atoms with Crippen LogP contribution in [0.15, 0.2) is 30.3 Å². The summed E-state index contributed by atoms with van der Waals surface area (Å²) in [4.78, 5) is 20.1. The van der Waals surface area contributed by atoms with Gasteiger partial charge in [0.1, 0.15) is 0 Å². The zero-order chi connectivity index (χ0) is 23.7. The predicted molar refractivity (Wildman–Crippen MR) is 137 cm³/mol. The highest BCUT2D eigenvalue weighted by molar-refractivity contribution is 6.00. The van der Waals surface area contributed by atoms with Crippen LogP contribution in [0, 0.1) is 19.8 Å². The third-order valence-electron chi connectivity index (χ3n) is 7.74. The van der Waals surface area contributed by atoms with Crippen LogP contribution < -0.4 is 5.73 Å². The summed E-state index contributed by atoms with van der Waals surface area (Å²) in [5.41, 5.74) is 15.0. The van der Waals surface area contributed by atoms with Gasteiger partial charge in [-0.2, -0.15) is 0 Å². The highest BCUT2D eigenvalue weighted by Gasteiger charge is 2.28. The second-order valence-corrected chi connectivity index (χ2v) is 10.5. The number of nitrogens with two attached hydrogens (primary N) is 1. The number of imidazole rings is 1. The Morgan fingerprint density at radius 2 is 1.97 bits per heavy atom. The fraction of sp³-hybridized carbons (Fsp3) is 0.429. The molecular formula is C28H33N5O. The van der Waals surface area contributed by atoms with E-state index < -0.39 is 0 Å². The molecule has 0 spiro atoms. The van der Waals surface area contributed by atoms with Gasteiger partial charge >= 0.3 is 0 Å². The van der Waals surface area contributed by atoms with E-state index in [0.717, 1.165) is 59.1 Å². The minimum atomic E-state index is -0.0313. The molecule has 2 aliphatic rings. The van der Waals surface area contributed by atoms with Crippen molar-refractivity contribution in [3.8, 4) is 11.5 Å². The molecule has 176 valence electrons. The second-order valence-electron chi connectivity index (χ2n) is 10.5. The van der Waals surface area contributed by atoms with Crippen molar-refractivity contribution in [3.63, 3.8) is 0 Å². The fourth-order valence-corrected chi connectivity index (χ4v) is 5.54. The average molecular weight is 456 g/mol. The van der Waals surface area contributed by atoms with E-state index in [2.05, 4.69) is 54.3 Å². The van der Waals surface area contributed by atoms with Gasteiger partial charge in [-0.1, -0.05) is 12.1 Å². The third-order valence-corrected chi connectivity index (χ3v) is 7.74. The van der Waals surface area contributed by atoms with Crippen molar-refractivity contribution < 1.29 is 4.79 Å². The number of aromatic nitrogens is 3. The van der Waals surface area contributed by atoms with Gasteiger partial charge in [0.25, 0.3) is 5.91 Å². The molecule has 0 radical (unpaired) electrons. The molecule has 1 saturated carbocycles. The number of fused-ring (bicyclic) bond motifs is 3. The summed E-state index contributed by atoms with van der Waals surface area (Å²) < 4.78 is 4.69. The zero-order valence-corrected chi connectivity index (χ0v) is 20.6. The number of carbonyl (C=O) groups is 1. The summed E-state index contributed by atoms with van der Waals surface area (Å²) in [6.07, 6.45) is 3.46. The van der Waals surface area contributed by atoms with Crippen LogP contribution in [-0.2, 0) is 20.0 Å². The van der Waals surface area contributed by atoms with Crippen molar-refractivity contribution >= 4 is 27.8 Å². The van der Waals surface area contributed by atoms with Gasteiger partial charge in [-0.3, -0.25) is 4.79 Å². The molecule has 4 aromatic rings. The molecule has 0 unspecified atom stereocenters. The van der Waals surface area contributed by atoms with Crippen LogP contribution in [0.25, 0.3) is 33.5 Å². The molecule has 0 bridgehead atoms. The van der Waals surface area contributed by atoms with Crippen molar-refractivity contribution in [2.24, 2.45) is 18.7 Å². The minimum absolute atomic E-state index is 0.0313. The number of aryl methyl sites for hydroxylation is 3.